The van der Waals surface area contributed by atoms with Crippen LogP contribution in [0.25, 0.3) is 11.1 Å². The van der Waals surface area contributed by atoms with Crippen molar-refractivity contribution < 1.29 is 9.53 Å². The summed E-state index contributed by atoms with van der Waals surface area (Å²) in [6.45, 7) is 2.62. The Balaban J connectivity index is 1.17. The van der Waals surface area contributed by atoms with Crippen molar-refractivity contribution in [2.24, 2.45) is 16.8 Å². The molecular formula is C37H37N7O2. The zero-order chi connectivity index (χ0) is 31.9. The Kier molecular flexibility index (Phi) is 9.63. The minimum Gasteiger partial charge on any atom is -0.467 e. The van der Waals surface area contributed by atoms with Crippen molar-refractivity contribution in [3.05, 3.63) is 107 Å². The number of hydrogen-bond donors (Lipinski definition) is 0. The number of hydrogen-bond acceptors (Lipinski definition) is 9. The van der Waals surface area contributed by atoms with Crippen LogP contribution in [0.1, 0.15) is 73.3 Å². The number of aliphatic imine (C=N–C) groups is 1. The highest BCUT2D eigenvalue weighted by atomic mass is 16.5. The first-order valence-electron chi connectivity index (χ1n) is 15.9. The second-order valence-corrected chi connectivity index (χ2v) is 12.1. The first kappa shape index (κ1) is 30.9. The van der Waals surface area contributed by atoms with E-state index in [4.69, 9.17) is 14.7 Å². The van der Waals surface area contributed by atoms with Crippen LogP contribution in [-0.2, 0) is 17.6 Å². The molecule has 0 spiro atoms. The van der Waals surface area contributed by atoms with E-state index in [1.807, 2.05) is 49.5 Å². The van der Waals surface area contributed by atoms with Crippen LogP contribution in [-0.4, -0.2) is 50.1 Å². The van der Waals surface area contributed by atoms with E-state index in [2.05, 4.69) is 38.1 Å². The third-order valence-corrected chi connectivity index (χ3v) is 9.14. The van der Waals surface area contributed by atoms with Crippen LogP contribution in [0, 0.1) is 23.2 Å². The zero-order valence-electron chi connectivity index (χ0n) is 26.3. The first-order chi connectivity index (χ1) is 22.5. The fraction of sp³-hybridized carbons (Fsp3) is 0.351. The predicted octanol–water partition coefficient (Wildman–Crippen LogP) is 6.29. The van der Waals surface area contributed by atoms with Gasteiger partial charge in [-0.3, -0.25) is 14.8 Å². The van der Waals surface area contributed by atoms with E-state index in [-0.39, 0.29) is 17.6 Å². The van der Waals surface area contributed by atoms with Gasteiger partial charge in [0.25, 0.3) is 0 Å². The van der Waals surface area contributed by atoms with E-state index in [0.717, 1.165) is 71.6 Å². The Morgan fingerprint density at radius 3 is 2.37 bits per heavy atom. The molecule has 3 aromatic heterocycles. The van der Waals surface area contributed by atoms with E-state index < -0.39 is 0 Å². The molecule has 232 valence electrons. The van der Waals surface area contributed by atoms with Gasteiger partial charge in [-0.15, -0.1) is 0 Å². The predicted molar refractivity (Wildman–Crippen MR) is 175 cm³/mol. The maximum atomic E-state index is 13.9. The lowest BCUT2D eigenvalue weighted by molar-refractivity contribution is -0.122. The van der Waals surface area contributed by atoms with E-state index in [9.17, 15) is 10.1 Å². The molecule has 9 heteroatoms. The van der Waals surface area contributed by atoms with Gasteiger partial charge in [0.2, 0.25) is 0 Å². The second-order valence-electron chi connectivity index (χ2n) is 12.1. The number of carbonyl (C=O) groups excluding carboxylic acids is 1. The summed E-state index contributed by atoms with van der Waals surface area (Å²) < 4.78 is 5.08. The van der Waals surface area contributed by atoms with Crippen molar-refractivity contribution in [2.75, 3.05) is 13.7 Å². The molecule has 0 saturated heterocycles. The highest BCUT2D eigenvalue weighted by molar-refractivity contribution is 6.13. The topological polar surface area (TPSA) is 127 Å². The molecule has 0 bridgehead atoms. The quantitative estimate of drug-likeness (QED) is 0.194. The number of aromatic nitrogens is 5. The summed E-state index contributed by atoms with van der Waals surface area (Å²) in [6.07, 6.45) is 14.7. The van der Waals surface area contributed by atoms with Gasteiger partial charge >= 0.3 is 6.01 Å². The number of Topliss-reactive ketones (excluding diaryl/α,β-unsaturated/α-hetero) is 1. The van der Waals surface area contributed by atoms with Gasteiger partial charge in [0.1, 0.15) is 23.4 Å². The molecule has 1 aliphatic carbocycles. The molecule has 1 atom stereocenters. The lowest BCUT2D eigenvalue weighted by Gasteiger charge is -2.33. The average Bonchev–Trinajstić information content (AvgIpc) is 3.54. The summed E-state index contributed by atoms with van der Waals surface area (Å²) in [5, 5.41) is 9.65. The van der Waals surface area contributed by atoms with Crippen molar-refractivity contribution in [1.29, 1.82) is 5.26 Å². The van der Waals surface area contributed by atoms with Crippen molar-refractivity contribution in [3.8, 4) is 23.2 Å². The number of nitriles is 1. The number of ether oxygens (including phenoxy) is 1. The molecule has 0 amide bonds. The van der Waals surface area contributed by atoms with Crippen molar-refractivity contribution in [1.82, 2.24) is 24.9 Å². The van der Waals surface area contributed by atoms with Gasteiger partial charge < -0.3 is 4.74 Å². The van der Waals surface area contributed by atoms with Crippen LogP contribution in [0.4, 0.5) is 0 Å². The molecule has 0 radical (unpaired) electrons. The number of ketones is 1. The standard InChI is InChI=1S/C37H37N7O2/c1-24-16-17-39-35(24)36-29(19-38)21-41-33(44-36)18-26-8-11-27(12-9-26)34(32(45)15-10-25-6-4-3-5-7-25)31-14-13-28(20-40-31)30-22-42-37(46-2)43-23-30/h3-7,13-14,16,20-23,26-27,34H,8-12,15,17-18H2,1-2H3. The van der Waals surface area contributed by atoms with Gasteiger partial charge in [0.05, 0.1) is 36.5 Å². The van der Waals surface area contributed by atoms with E-state index in [1.165, 1.54) is 7.11 Å². The second kappa shape index (κ2) is 14.3. The molecule has 2 aliphatic rings. The number of nitrogens with zero attached hydrogens (tertiary/aromatic N) is 7. The molecule has 1 aliphatic heterocycles. The third-order valence-electron chi connectivity index (χ3n) is 9.14. The molecule has 0 N–H and O–H groups in total. The van der Waals surface area contributed by atoms with Crippen LogP contribution in [0.5, 0.6) is 6.01 Å². The molecule has 9 nitrogen and oxygen atoms in total. The highest BCUT2D eigenvalue weighted by Gasteiger charge is 2.34. The van der Waals surface area contributed by atoms with E-state index in [0.29, 0.717) is 42.6 Å². The minimum atomic E-state index is -0.265. The van der Waals surface area contributed by atoms with Crippen LogP contribution in [0.3, 0.4) is 0 Å². The summed E-state index contributed by atoms with van der Waals surface area (Å²) in [5.74, 6) is 1.33. The molecule has 1 saturated carbocycles. The molecule has 46 heavy (non-hydrogen) atoms. The van der Waals surface area contributed by atoms with Crippen LogP contribution in [0.15, 0.2) is 83.9 Å². The zero-order valence-corrected chi connectivity index (χ0v) is 26.3. The molecule has 4 heterocycles. The largest absolute Gasteiger partial charge is 0.467 e. The molecule has 1 fully saturated rings. The molecule has 6 rings (SSSR count). The van der Waals surface area contributed by atoms with Gasteiger partial charge in [0.15, 0.2) is 0 Å². The summed E-state index contributed by atoms with van der Waals surface area (Å²) >= 11 is 0. The third kappa shape index (κ3) is 7.07. The number of benzene rings is 1. The van der Waals surface area contributed by atoms with E-state index >= 15 is 0 Å². The summed E-state index contributed by atoms with van der Waals surface area (Å²) in [5.41, 5.74) is 6.64. The summed E-state index contributed by atoms with van der Waals surface area (Å²) in [4.78, 5) is 41.1. The molecular weight excluding hydrogens is 574 g/mol. The van der Waals surface area contributed by atoms with Crippen molar-refractivity contribution in [2.45, 2.75) is 57.8 Å². The Morgan fingerprint density at radius 2 is 1.72 bits per heavy atom. The van der Waals surface area contributed by atoms with Crippen LogP contribution < -0.4 is 4.74 Å². The number of methoxy groups -OCH3 is 1. The molecule has 1 aromatic carbocycles. The Morgan fingerprint density at radius 1 is 0.957 bits per heavy atom. The number of allylic oxidation sites excluding steroid dienone is 1. The van der Waals surface area contributed by atoms with Crippen LogP contribution in [0.2, 0.25) is 0 Å². The maximum absolute atomic E-state index is 13.9. The number of aryl methyl sites for hydroxylation is 1. The van der Waals surface area contributed by atoms with E-state index in [1.54, 1.807) is 18.6 Å². The van der Waals surface area contributed by atoms with Crippen molar-refractivity contribution in [3.63, 3.8) is 0 Å². The smallest absolute Gasteiger partial charge is 0.316 e. The van der Waals surface area contributed by atoms with Gasteiger partial charge in [-0.25, -0.2) is 19.9 Å². The Labute approximate surface area is 269 Å². The van der Waals surface area contributed by atoms with Gasteiger partial charge in [0, 0.05) is 48.8 Å². The number of rotatable bonds is 11. The van der Waals surface area contributed by atoms with Crippen molar-refractivity contribution >= 4 is 11.5 Å². The average molecular weight is 612 g/mol. The maximum Gasteiger partial charge on any atom is 0.316 e. The van der Waals surface area contributed by atoms with Gasteiger partial charge in [-0.05, 0) is 68.1 Å². The van der Waals surface area contributed by atoms with Gasteiger partial charge in [-0.2, -0.15) is 5.26 Å². The highest BCUT2D eigenvalue weighted by Crippen LogP contribution is 2.40. The van der Waals surface area contributed by atoms with Gasteiger partial charge in [-0.1, -0.05) is 42.5 Å². The normalized spacial score (nSPS) is 18.3. The number of pyridine rings is 1. The molecule has 4 aromatic rings. The SMILES string of the molecule is COc1ncc(-c2ccc(C(C(=O)CCc3ccccc3)C3CCC(Cc4ncc(C#N)c(C5=NCC=C5C)n4)CC3)nc2)cn1. The Hall–Kier alpha value is -5.10. The lowest BCUT2D eigenvalue weighted by Crippen LogP contribution is -2.28. The fourth-order valence-corrected chi connectivity index (χ4v) is 6.59. The lowest BCUT2D eigenvalue weighted by atomic mass is 9.71. The Bertz CT molecular complexity index is 1770. The van der Waals surface area contributed by atoms with Crippen LogP contribution >= 0.6 is 0 Å². The number of carbonyl (C=O) groups is 1. The molecule has 1 unspecified atom stereocenters. The minimum absolute atomic E-state index is 0.209. The summed E-state index contributed by atoms with van der Waals surface area (Å²) in [7, 11) is 1.54. The summed E-state index contributed by atoms with van der Waals surface area (Å²) in [6, 6.07) is 16.7. The fourth-order valence-electron chi connectivity index (χ4n) is 6.59. The monoisotopic (exact) mass is 611 g/mol. The first-order valence-corrected chi connectivity index (χ1v) is 15.9.